The number of rotatable bonds is 2. The van der Waals surface area contributed by atoms with E-state index in [1.807, 2.05) is 56.3 Å². The fraction of sp³-hybridized carbons (Fsp3) is 0.250. The van der Waals surface area contributed by atoms with Crippen molar-refractivity contribution in [3.8, 4) is 0 Å². The van der Waals surface area contributed by atoms with Gasteiger partial charge in [-0.2, -0.15) is 0 Å². The second-order valence-electron chi connectivity index (χ2n) is 6.14. The molecule has 2 N–H and O–H groups in total. The lowest BCUT2D eigenvalue weighted by atomic mass is 10.1. The molecule has 0 atom stereocenters. The molecule has 0 unspecified atom stereocenters. The number of carbonyl (C=O) groups excluding carboxylic acids is 2. The van der Waals surface area contributed by atoms with Gasteiger partial charge in [0.05, 0.1) is 30.1 Å². The zero-order valence-corrected chi connectivity index (χ0v) is 15.6. The van der Waals surface area contributed by atoms with Gasteiger partial charge in [0.1, 0.15) is 5.84 Å². The SMILES string of the molecule is CCOC(=O)NNC1=Nc2ccccc2N(c2cccc(C)c2C)C(=O)C1. The summed E-state index contributed by atoms with van der Waals surface area (Å²) in [5, 5.41) is 0. The third-order valence-corrected chi connectivity index (χ3v) is 4.35. The Morgan fingerprint density at radius 3 is 2.67 bits per heavy atom. The van der Waals surface area contributed by atoms with Gasteiger partial charge in [0.25, 0.3) is 0 Å². The van der Waals surface area contributed by atoms with Crippen LogP contribution in [0.1, 0.15) is 24.5 Å². The molecule has 0 fully saturated rings. The van der Waals surface area contributed by atoms with Gasteiger partial charge in [0.15, 0.2) is 0 Å². The van der Waals surface area contributed by atoms with Crippen LogP contribution < -0.4 is 15.8 Å². The van der Waals surface area contributed by atoms with Crippen molar-refractivity contribution in [3.05, 3.63) is 53.6 Å². The Morgan fingerprint density at radius 1 is 1.15 bits per heavy atom. The first-order valence-corrected chi connectivity index (χ1v) is 8.75. The maximum Gasteiger partial charge on any atom is 0.425 e. The van der Waals surface area contributed by atoms with Crippen molar-refractivity contribution in [2.45, 2.75) is 27.2 Å². The number of amides is 2. The van der Waals surface area contributed by atoms with E-state index < -0.39 is 6.09 Å². The molecule has 1 aliphatic heterocycles. The number of nitrogens with one attached hydrogen (secondary N) is 2. The number of para-hydroxylation sites is 2. The molecule has 0 saturated carbocycles. The first kappa shape index (κ1) is 18.4. The number of benzene rings is 2. The van der Waals surface area contributed by atoms with Crippen LogP contribution in [0.15, 0.2) is 47.5 Å². The second-order valence-corrected chi connectivity index (χ2v) is 6.14. The van der Waals surface area contributed by atoms with E-state index in [9.17, 15) is 9.59 Å². The maximum atomic E-state index is 13.1. The number of carbonyl (C=O) groups is 2. The summed E-state index contributed by atoms with van der Waals surface area (Å²) in [4.78, 5) is 30.8. The Morgan fingerprint density at radius 2 is 1.89 bits per heavy atom. The topological polar surface area (TPSA) is 83.0 Å². The van der Waals surface area contributed by atoms with Crippen LogP contribution in [-0.4, -0.2) is 24.4 Å². The number of ether oxygens (including phenoxy) is 1. The predicted molar refractivity (Wildman–Crippen MR) is 105 cm³/mol. The lowest BCUT2D eigenvalue weighted by Crippen LogP contribution is -2.43. The van der Waals surface area contributed by atoms with Crippen LogP contribution in [0.5, 0.6) is 0 Å². The van der Waals surface area contributed by atoms with Crippen LogP contribution in [-0.2, 0) is 9.53 Å². The van der Waals surface area contributed by atoms with Crippen LogP contribution in [0.2, 0.25) is 0 Å². The van der Waals surface area contributed by atoms with Gasteiger partial charge in [-0.15, -0.1) is 0 Å². The Labute approximate surface area is 158 Å². The number of fused-ring (bicyclic) bond motifs is 1. The molecule has 1 heterocycles. The van der Waals surface area contributed by atoms with Crippen molar-refractivity contribution in [2.75, 3.05) is 11.5 Å². The smallest absolute Gasteiger partial charge is 0.425 e. The quantitative estimate of drug-likeness (QED) is 0.795. The molecule has 0 radical (unpaired) electrons. The average molecular weight is 366 g/mol. The van der Waals surface area contributed by atoms with Crippen molar-refractivity contribution in [2.24, 2.45) is 4.99 Å². The summed E-state index contributed by atoms with van der Waals surface area (Å²) in [5.74, 6) is 0.193. The number of anilines is 2. The third-order valence-electron chi connectivity index (χ3n) is 4.35. The lowest BCUT2D eigenvalue weighted by molar-refractivity contribution is -0.116. The first-order chi connectivity index (χ1) is 13.0. The van der Waals surface area contributed by atoms with Crippen LogP contribution in [0.3, 0.4) is 0 Å². The summed E-state index contributed by atoms with van der Waals surface area (Å²) in [6.45, 7) is 5.97. The molecule has 1 aliphatic rings. The van der Waals surface area contributed by atoms with Crippen molar-refractivity contribution in [1.29, 1.82) is 0 Å². The molecule has 0 saturated heterocycles. The molecule has 140 valence electrons. The van der Waals surface area contributed by atoms with Crippen LogP contribution in [0, 0.1) is 13.8 Å². The van der Waals surface area contributed by atoms with Crippen molar-refractivity contribution < 1.29 is 14.3 Å². The molecule has 27 heavy (non-hydrogen) atoms. The molecular formula is C20H22N4O3. The van der Waals surface area contributed by atoms with Crippen molar-refractivity contribution in [3.63, 3.8) is 0 Å². The lowest BCUT2D eigenvalue weighted by Gasteiger charge is -2.25. The van der Waals surface area contributed by atoms with E-state index in [4.69, 9.17) is 4.74 Å². The number of hydrogen-bond donors (Lipinski definition) is 2. The Balaban J connectivity index is 1.97. The van der Waals surface area contributed by atoms with E-state index in [2.05, 4.69) is 15.8 Å². The first-order valence-electron chi connectivity index (χ1n) is 8.75. The van der Waals surface area contributed by atoms with Gasteiger partial charge in [0, 0.05) is 0 Å². The molecule has 2 aromatic rings. The van der Waals surface area contributed by atoms with E-state index in [1.165, 1.54) is 0 Å². The molecule has 2 aromatic carbocycles. The highest BCUT2D eigenvalue weighted by Gasteiger charge is 2.27. The number of amidine groups is 1. The van der Waals surface area contributed by atoms with Gasteiger partial charge in [0.2, 0.25) is 5.91 Å². The van der Waals surface area contributed by atoms with E-state index in [-0.39, 0.29) is 18.9 Å². The fourth-order valence-electron chi connectivity index (χ4n) is 2.89. The molecule has 0 bridgehead atoms. The Hall–Kier alpha value is -3.35. The number of aryl methyl sites for hydroxylation is 1. The standard InChI is InChI=1S/C20H22N4O3/c1-4-27-20(26)23-22-18-12-19(25)24(16-11-7-8-13(2)14(16)3)17-10-6-5-9-15(17)21-18/h5-11H,4,12H2,1-3H3,(H,21,22)(H,23,26). The molecule has 3 rings (SSSR count). The minimum absolute atomic E-state index is 0.00840. The zero-order chi connectivity index (χ0) is 19.4. The average Bonchev–Trinajstić information content (AvgIpc) is 2.78. The monoisotopic (exact) mass is 366 g/mol. The predicted octanol–water partition coefficient (Wildman–Crippen LogP) is 3.65. The van der Waals surface area contributed by atoms with Crippen molar-refractivity contribution >= 4 is 34.9 Å². The van der Waals surface area contributed by atoms with Crippen LogP contribution in [0.4, 0.5) is 21.9 Å². The summed E-state index contributed by atoms with van der Waals surface area (Å²) in [5.41, 5.74) is 9.38. The van der Waals surface area contributed by atoms with Gasteiger partial charge in [-0.05, 0) is 50.1 Å². The van der Waals surface area contributed by atoms with Gasteiger partial charge in [-0.1, -0.05) is 24.3 Å². The summed E-state index contributed by atoms with van der Waals surface area (Å²) >= 11 is 0. The number of nitrogens with zero attached hydrogens (tertiary/aromatic N) is 2. The zero-order valence-electron chi connectivity index (χ0n) is 15.6. The molecule has 0 aliphatic carbocycles. The summed E-state index contributed by atoms with van der Waals surface area (Å²) in [7, 11) is 0. The fourth-order valence-corrected chi connectivity index (χ4v) is 2.89. The number of hydrogen-bond acceptors (Lipinski definition) is 5. The third kappa shape index (κ3) is 3.92. The summed E-state index contributed by atoms with van der Waals surface area (Å²) < 4.78 is 4.82. The van der Waals surface area contributed by atoms with E-state index >= 15 is 0 Å². The minimum atomic E-state index is -0.628. The van der Waals surface area contributed by atoms with Gasteiger partial charge >= 0.3 is 6.09 Å². The van der Waals surface area contributed by atoms with Crippen molar-refractivity contribution in [1.82, 2.24) is 10.9 Å². The number of hydrazine groups is 1. The highest BCUT2D eigenvalue weighted by Crippen LogP contribution is 2.38. The number of aliphatic imine (C=N–C) groups is 1. The Bertz CT molecular complexity index is 908. The molecule has 2 amide bonds. The maximum absolute atomic E-state index is 13.1. The summed E-state index contributed by atoms with van der Waals surface area (Å²) in [6.07, 6.45) is -0.620. The second kappa shape index (κ2) is 7.90. The molecular weight excluding hydrogens is 344 g/mol. The van der Waals surface area contributed by atoms with E-state index in [0.29, 0.717) is 17.2 Å². The van der Waals surface area contributed by atoms with Gasteiger partial charge < -0.3 is 4.74 Å². The van der Waals surface area contributed by atoms with E-state index in [0.717, 1.165) is 16.8 Å². The van der Waals surface area contributed by atoms with Gasteiger partial charge in [-0.25, -0.2) is 15.2 Å². The summed E-state index contributed by atoms with van der Waals surface area (Å²) in [6, 6.07) is 13.3. The molecule has 7 heteroatoms. The highest BCUT2D eigenvalue weighted by molar-refractivity contribution is 6.14. The van der Waals surface area contributed by atoms with E-state index in [1.54, 1.807) is 11.8 Å². The normalized spacial score (nSPS) is 13.4. The molecule has 7 nitrogen and oxygen atoms in total. The van der Waals surface area contributed by atoms with Gasteiger partial charge in [-0.3, -0.25) is 15.1 Å². The molecule has 0 aromatic heterocycles. The largest absolute Gasteiger partial charge is 0.449 e. The van der Waals surface area contributed by atoms with Crippen LogP contribution >= 0.6 is 0 Å². The highest BCUT2D eigenvalue weighted by atomic mass is 16.5. The Kier molecular flexibility index (Phi) is 5.40. The minimum Gasteiger partial charge on any atom is -0.449 e. The molecule has 0 spiro atoms. The van der Waals surface area contributed by atoms with Crippen LogP contribution in [0.25, 0.3) is 0 Å².